The Balaban J connectivity index is 2.28. The largest absolute Gasteiger partial charge is 0.366 e. The molecule has 0 amide bonds. The lowest BCUT2D eigenvalue weighted by atomic mass is 10.1. The summed E-state index contributed by atoms with van der Waals surface area (Å²) in [5, 5.41) is 0.660. The summed E-state index contributed by atoms with van der Waals surface area (Å²) in [4.78, 5) is 13.5. The summed E-state index contributed by atoms with van der Waals surface area (Å²) in [5.41, 5.74) is 3.05. The van der Waals surface area contributed by atoms with Gasteiger partial charge >= 0.3 is 0 Å². The summed E-state index contributed by atoms with van der Waals surface area (Å²) in [7, 11) is 0. The SMILES string of the molecule is CC(=O)c1ccc(N2CCC=C(C)C2)c(Cl)c1. The predicted molar refractivity (Wildman–Crippen MR) is 72.0 cm³/mol. The van der Waals surface area contributed by atoms with E-state index in [0.717, 1.165) is 25.2 Å². The third-order valence-electron chi connectivity index (χ3n) is 3.03. The molecule has 2 rings (SSSR count). The maximum absolute atomic E-state index is 11.3. The molecule has 1 heterocycles. The maximum atomic E-state index is 11.3. The zero-order valence-corrected chi connectivity index (χ0v) is 10.9. The van der Waals surface area contributed by atoms with Gasteiger partial charge in [0, 0.05) is 18.7 Å². The van der Waals surface area contributed by atoms with E-state index in [-0.39, 0.29) is 5.78 Å². The van der Waals surface area contributed by atoms with E-state index < -0.39 is 0 Å². The first-order valence-electron chi connectivity index (χ1n) is 5.79. The van der Waals surface area contributed by atoms with Gasteiger partial charge in [-0.25, -0.2) is 0 Å². The first-order chi connectivity index (χ1) is 8.08. The minimum Gasteiger partial charge on any atom is -0.366 e. The fourth-order valence-corrected chi connectivity index (χ4v) is 2.40. The lowest BCUT2D eigenvalue weighted by molar-refractivity contribution is 0.101. The number of hydrogen-bond donors (Lipinski definition) is 0. The Bertz CT molecular complexity index is 479. The van der Waals surface area contributed by atoms with Crippen LogP contribution >= 0.6 is 11.6 Å². The molecule has 0 aromatic heterocycles. The second-order valence-electron chi connectivity index (χ2n) is 4.48. The molecule has 0 spiro atoms. The molecule has 1 aromatic carbocycles. The van der Waals surface area contributed by atoms with Gasteiger partial charge in [-0.3, -0.25) is 4.79 Å². The summed E-state index contributed by atoms with van der Waals surface area (Å²) < 4.78 is 0. The Morgan fingerprint density at radius 2 is 2.18 bits per heavy atom. The fourth-order valence-electron chi connectivity index (χ4n) is 2.10. The Labute approximate surface area is 107 Å². The predicted octanol–water partition coefficient (Wildman–Crippen LogP) is 3.70. The van der Waals surface area contributed by atoms with Crippen LogP contribution in [0.4, 0.5) is 5.69 Å². The summed E-state index contributed by atoms with van der Waals surface area (Å²) in [5.74, 6) is 0.0492. The van der Waals surface area contributed by atoms with Crippen LogP contribution in [0.5, 0.6) is 0 Å². The van der Waals surface area contributed by atoms with Crippen molar-refractivity contribution >= 4 is 23.1 Å². The average molecular weight is 250 g/mol. The van der Waals surface area contributed by atoms with Gasteiger partial charge in [-0.05, 0) is 38.5 Å². The van der Waals surface area contributed by atoms with Crippen molar-refractivity contribution in [3.05, 3.63) is 40.4 Å². The van der Waals surface area contributed by atoms with Crippen molar-refractivity contribution in [1.29, 1.82) is 0 Å². The van der Waals surface area contributed by atoms with Crippen molar-refractivity contribution in [2.24, 2.45) is 0 Å². The van der Waals surface area contributed by atoms with Crippen molar-refractivity contribution in [1.82, 2.24) is 0 Å². The fraction of sp³-hybridized carbons (Fsp3) is 0.357. The van der Waals surface area contributed by atoms with E-state index in [1.54, 1.807) is 13.0 Å². The van der Waals surface area contributed by atoms with Gasteiger partial charge in [-0.15, -0.1) is 0 Å². The van der Waals surface area contributed by atoms with Crippen molar-refractivity contribution < 1.29 is 4.79 Å². The van der Waals surface area contributed by atoms with Gasteiger partial charge < -0.3 is 4.90 Å². The van der Waals surface area contributed by atoms with Crippen LogP contribution in [0.25, 0.3) is 0 Å². The first-order valence-corrected chi connectivity index (χ1v) is 6.17. The zero-order valence-electron chi connectivity index (χ0n) is 10.2. The molecule has 0 bridgehead atoms. The van der Waals surface area contributed by atoms with Crippen LogP contribution in [-0.4, -0.2) is 18.9 Å². The van der Waals surface area contributed by atoms with Gasteiger partial charge in [0.15, 0.2) is 5.78 Å². The molecule has 0 saturated carbocycles. The van der Waals surface area contributed by atoms with E-state index in [1.807, 2.05) is 12.1 Å². The molecule has 1 aliphatic heterocycles. The Kier molecular flexibility index (Phi) is 3.53. The molecular formula is C14H16ClNO. The second kappa shape index (κ2) is 4.92. The topological polar surface area (TPSA) is 20.3 Å². The molecule has 0 fully saturated rings. The number of nitrogens with zero attached hydrogens (tertiary/aromatic N) is 1. The second-order valence-corrected chi connectivity index (χ2v) is 4.89. The molecule has 1 aromatic rings. The smallest absolute Gasteiger partial charge is 0.159 e. The molecule has 3 heteroatoms. The molecule has 0 N–H and O–H groups in total. The Morgan fingerprint density at radius 1 is 1.41 bits per heavy atom. The number of benzene rings is 1. The minimum atomic E-state index is 0.0492. The number of hydrogen-bond acceptors (Lipinski definition) is 2. The van der Waals surface area contributed by atoms with E-state index in [0.29, 0.717) is 10.6 Å². The van der Waals surface area contributed by atoms with Gasteiger partial charge in [-0.1, -0.05) is 23.3 Å². The molecule has 2 nitrogen and oxygen atoms in total. The van der Waals surface area contributed by atoms with E-state index in [9.17, 15) is 4.79 Å². The number of rotatable bonds is 2. The summed E-state index contributed by atoms with van der Waals surface area (Å²) in [6.07, 6.45) is 3.31. The van der Waals surface area contributed by atoms with Gasteiger partial charge in [0.2, 0.25) is 0 Å². The van der Waals surface area contributed by atoms with E-state index in [4.69, 9.17) is 11.6 Å². The highest BCUT2D eigenvalue weighted by Gasteiger charge is 2.14. The third kappa shape index (κ3) is 2.70. The van der Waals surface area contributed by atoms with Crippen LogP contribution in [0.1, 0.15) is 30.6 Å². The van der Waals surface area contributed by atoms with Gasteiger partial charge in [0.05, 0.1) is 10.7 Å². The van der Waals surface area contributed by atoms with Crippen LogP contribution in [0.3, 0.4) is 0 Å². The van der Waals surface area contributed by atoms with Crippen molar-refractivity contribution in [2.75, 3.05) is 18.0 Å². The average Bonchev–Trinajstić information content (AvgIpc) is 2.28. The standard InChI is InChI=1S/C14H16ClNO/c1-10-4-3-7-16(9-10)14-6-5-12(11(2)17)8-13(14)15/h4-6,8H,3,7,9H2,1-2H3. The molecule has 0 saturated heterocycles. The molecule has 0 radical (unpaired) electrons. The molecule has 0 unspecified atom stereocenters. The van der Waals surface area contributed by atoms with Crippen molar-refractivity contribution in [3.63, 3.8) is 0 Å². The number of carbonyl (C=O) groups is 1. The van der Waals surface area contributed by atoms with Crippen LogP contribution in [-0.2, 0) is 0 Å². The Hall–Kier alpha value is -1.28. The quantitative estimate of drug-likeness (QED) is 0.588. The zero-order chi connectivity index (χ0) is 12.4. The van der Waals surface area contributed by atoms with Crippen LogP contribution < -0.4 is 4.90 Å². The maximum Gasteiger partial charge on any atom is 0.159 e. The number of anilines is 1. The van der Waals surface area contributed by atoms with Gasteiger partial charge in [0.25, 0.3) is 0 Å². The Morgan fingerprint density at radius 3 is 2.76 bits per heavy atom. The van der Waals surface area contributed by atoms with E-state index >= 15 is 0 Å². The lowest BCUT2D eigenvalue weighted by Gasteiger charge is -2.29. The van der Waals surface area contributed by atoms with Gasteiger partial charge in [0.1, 0.15) is 0 Å². The highest BCUT2D eigenvalue weighted by molar-refractivity contribution is 6.33. The lowest BCUT2D eigenvalue weighted by Crippen LogP contribution is -2.29. The van der Waals surface area contributed by atoms with E-state index in [1.165, 1.54) is 5.57 Å². The summed E-state index contributed by atoms with van der Waals surface area (Å²) in [6.45, 7) is 5.58. The number of Topliss-reactive ketones (excluding diaryl/α,β-unsaturated/α-hetero) is 1. The highest BCUT2D eigenvalue weighted by Crippen LogP contribution is 2.29. The van der Waals surface area contributed by atoms with Crippen molar-refractivity contribution in [3.8, 4) is 0 Å². The van der Waals surface area contributed by atoms with Crippen LogP contribution in [0.15, 0.2) is 29.8 Å². The minimum absolute atomic E-state index is 0.0492. The molecule has 1 aliphatic rings. The number of carbonyl (C=O) groups excluding carboxylic acids is 1. The van der Waals surface area contributed by atoms with E-state index in [2.05, 4.69) is 17.9 Å². The highest BCUT2D eigenvalue weighted by atomic mass is 35.5. The third-order valence-corrected chi connectivity index (χ3v) is 3.33. The monoisotopic (exact) mass is 249 g/mol. The van der Waals surface area contributed by atoms with Crippen LogP contribution in [0.2, 0.25) is 5.02 Å². The molecule has 17 heavy (non-hydrogen) atoms. The normalized spacial score (nSPS) is 15.7. The van der Waals surface area contributed by atoms with Crippen molar-refractivity contribution in [2.45, 2.75) is 20.3 Å². The molecule has 0 aliphatic carbocycles. The number of halogens is 1. The van der Waals surface area contributed by atoms with Crippen LogP contribution in [0, 0.1) is 0 Å². The molecular weight excluding hydrogens is 234 g/mol. The number of ketones is 1. The summed E-state index contributed by atoms with van der Waals surface area (Å²) in [6, 6.07) is 5.54. The van der Waals surface area contributed by atoms with Gasteiger partial charge in [-0.2, -0.15) is 0 Å². The molecule has 0 atom stereocenters. The first kappa shape index (κ1) is 12.2. The summed E-state index contributed by atoms with van der Waals surface area (Å²) >= 11 is 6.24. The molecule has 90 valence electrons.